The molecule has 1 aromatic heterocycles. The SMILES string of the molecule is CC(=Nc1ccccc1C)c1cc(C#N)ccn1. The van der Waals surface area contributed by atoms with Crippen LogP contribution in [0.2, 0.25) is 0 Å². The molecule has 2 aromatic rings. The van der Waals surface area contributed by atoms with Crippen LogP contribution in [0.15, 0.2) is 47.6 Å². The highest BCUT2D eigenvalue weighted by molar-refractivity contribution is 5.98. The highest BCUT2D eigenvalue weighted by atomic mass is 14.8. The zero-order chi connectivity index (χ0) is 13.0. The van der Waals surface area contributed by atoms with Crippen LogP contribution in [0.3, 0.4) is 0 Å². The lowest BCUT2D eigenvalue weighted by Crippen LogP contribution is -1.98. The zero-order valence-corrected chi connectivity index (χ0v) is 10.4. The first-order chi connectivity index (χ1) is 8.70. The van der Waals surface area contributed by atoms with Crippen molar-refractivity contribution in [3.63, 3.8) is 0 Å². The van der Waals surface area contributed by atoms with Gasteiger partial charge in [-0.3, -0.25) is 9.98 Å². The van der Waals surface area contributed by atoms with E-state index in [2.05, 4.69) is 16.0 Å². The topological polar surface area (TPSA) is 49.0 Å². The second-order valence-electron chi connectivity index (χ2n) is 4.03. The molecule has 0 bridgehead atoms. The molecule has 1 heterocycles. The van der Waals surface area contributed by atoms with Crippen molar-refractivity contribution in [3.8, 4) is 6.07 Å². The molecule has 0 fully saturated rings. The van der Waals surface area contributed by atoms with Crippen LogP contribution in [0.25, 0.3) is 0 Å². The van der Waals surface area contributed by atoms with E-state index in [1.807, 2.05) is 38.1 Å². The van der Waals surface area contributed by atoms with Crippen LogP contribution < -0.4 is 0 Å². The van der Waals surface area contributed by atoms with Gasteiger partial charge in [0.25, 0.3) is 0 Å². The van der Waals surface area contributed by atoms with Crippen molar-refractivity contribution in [1.29, 1.82) is 5.26 Å². The Bertz CT molecular complexity index is 636. The van der Waals surface area contributed by atoms with Gasteiger partial charge in [0, 0.05) is 6.20 Å². The average molecular weight is 235 g/mol. The highest BCUT2D eigenvalue weighted by Gasteiger charge is 2.02. The predicted molar refractivity (Wildman–Crippen MR) is 72.0 cm³/mol. The fraction of sp³-hybridized carbons (Fsp3) is 0.133. The first-order valence-electron chi connectivity index (χ1n) is 5.68. The second kappa shape index (κ2) is 5.24. The van der Waals surface area contributed by atoms with Gasteiger partial charge in [0.05, 0.1) is 28.7 Å². The molecular weight excluding hydrogens is 222 g/mol. The van der Waals surface area contributed by atoms with Crippen LogP contribution in [-0.2, 0) is 0 Å². The number of pyridine rings is 1. The van der Waals surface area contributed by atoms with E-state index >= 15 is 0 Å². The second-order valence-corrected chi connectivity index (χ2v) is 4.03. The maximum absolute atomic E-state index is 8.86. The number of nitriles is 1. The van der Waals surface area contributed by atoms with Crippen LogP contribution in [0, 0.1) is 18.3 Å². The molecule has 0 saturated heterocycles. The Hall–Kier alpha value is -2.47. The maximum Gasteiger partial charge on any atom is 0.0992 e. The summed E-state index contributed by atoms with van der Waals surface area (Å²) in [4.78, 5) is 8.78. The molecule has 0 radical (unpaired) electrons. The number of hydrogen-bond acceptors (Lipinski definition) is 3. The standard InChI is InChI=1S/C15H13N3/c1-11-5-3-4-6-14(11)18-12(2)15-9-13(10-16)7-8-17-15/h3-9H,1-2H3. The van der Waals surface area contributed by atoms with E-state index in [-0.39, 0.29) is 0 Å². The van der Waals surface area contributed by atoms with Gasteiger partial charge in [0.1, 0.15) is 0 Å². The van der Waals surface area contributed by atoms with Crippen LogP contribution in [0.1, 0.15) is 23.7 Å². The van der Waals surface area contributed by atoms with Gasteiger partial charge in [-0.05, 0) is 37.6 Å². The minimum atomic E-state index is 0.597. The molecule has 0 atom stereocenters. The van der Waals surface area contributed by atoms with Crippen molar-refractivity contribution in [3.05, 3.63) is 59.4 Å². The number of rotatable bonds is 2. The number of para-hydroxylation sites is 1. The van der Waals surface area contributed by atoms with Gasteiger partial charge in [-0.2, -0.15) is 5.26 Å². The predicted octanol–water partition coefficient (Wildman–Crippen LogP) is 3.40. The molecule has 2 rings (SSSR count). The van der Waals surface area contributed by atoms with E-state index in [0.29, 0.717) is 5.56 Å². The summed E-state index contributed by atoms with van der Waals surface area (Å²) in [6.45, 7) is 3.92. The van der Waals surface area contributed by atoms with Gasteiger partial charge >= 0.3 is 0 Å². The van der Waals surface area contributed by atoms with E-state index in [1.54, 1.807) is 18.3 Å². The molecule has 0 amide bonds. The molecule has 3 nitrogen and oxygen atoms in total. The van der Waals surface area contributed by atoms with Crippen LogP contribution >= 0.6 is 0 Å². The van der Waals surface area contributed by atoms with E-state index in [1.165, 1.54) is 0 Å². The van der Waals surface area contributed by atoms with Crippen molar-refractivity contribution in [2.45, 2.75) is 13.8 Å². The molecule has 0 aliphatic heterocycles. The molecule has 3 heteroatoms. The van der Waals surface area contributed by atoms with Crippen LogP contribution in [0.4, 0.5) is 5.69 Å². The zero-order valence-electron chi connectivity index (χ0n) is 10.4. The molecule has 1 aromatic carbocycles. The van der Waals surface area contributed by atoms with Crippen molar-refractivity contribution in [2.75, 3.05) is 0 Å². The first kappa shape index (κ1) is 12.0. The summed E-state index contributed by atoms with van der Waals surface area (Å²) in [5.74, 6) is 0. The number of aliphatic imine (C=N–C) groups is 1. The summed E-state index contributed by atoms with van der Waals surface area (Å²) >= 11 is 0. The third-order valence-corrected chi connectivity index (χ3v) is 2.66. The van der Waals surface area contributed by atoms with Gasteiger partial charge in [0.2, 0.25) is 0 Å². The van der Waals surface area contributed by atoms with Crippen LogP contribution in [-0.4, -0.2) is 10.7 Å². The van der Waals surface area contributed by atoms with E-state index in [9.17, 15) is 0 Å². The Labute approximate surface area is 106 Å². The third-order valence-electron chi connectivity index (χ3n) is 2.66. The molecule has 18 heavy (non-hydrogen) atoms. The Morgan fingerprint density at radius 2 is 2.06 bits per heavy atom. The lowest BCUT2D eigenvalue weighted by molar-refractivity contribution is 1.26. The quantitative estimate of drug-likeness (QED) is 0.749. The minimum Gasteiger partial charge on any atom is -0.255 e. The summed E-state index contributed by atoms with van der Waals surface area (Å²) in [6.07, 6.45) is 1.63. The number of nitrogens with zero attached hydrogens (tertiary/aromatic N) is 3. The lowest BCUT2D eigenvalue weighted by atomic mass is 10.2. The van der Waals surface area contributed by atoms with E-state index in [0.717, 1.165) is 22.7 Å². The molecule has 0 aliphatic rings. The molecule has 0 aliphatic carbocycles. The summed E-state index contributed by atoms with van der Waals surface area (Å²) in [6, 6.07) is 13.5. The summed E-state index contributed by atoms with van der Waals surface area (Å²) < 4.78 is 0. The number of benzene rings is 1. The summed E-state index contributed by atoms with van der Waals surface area (Å²) in [7, 11) is 0. The van der Waals surface area contributed by atoms with E-state index < -0.39 is 0 Å². The number of aryl methyl sites for hydroxylation is 1. The molecular formula is C15H13N3. The van der Waals surface area contributed by atoms with Gasteiger partial charge in [-0.15, -0.1) is 0 Å². The van der Waals surface area contributed by atoms with Crippen molar-refractivity contribution < 1.29 is 0 Å². The van der Waals surface area contributed by atoms with Gasteiger partial charge in [-0.1, -0.05) is 18.2 Å². The molecule has 0 N–H and O–H groups in total. The smallest absolute Gasteiger partial charge is 0.0992 e. The largest absolute Gasteiger partial charge is 0.255 e. The monoisotopic (exact) mass is 235 g/mol. The molecule has 0 unspecified atom stereocenters. The van der Waals surface area contributed by atoms with Gasteiger partial charge < -0.3 is 0 Å². The third kappa shape index (κ3) is 2.61. The van der Waals surface area contributed by atoms with Crippen molar-refractivity contribution in [1.82, 2.24) is 4.98 Å². The first-order valence-corrected chi connectivity index (χ1v) is 5.68. The Balaban J connectivity index is 2.39. The molecule has 88 valence electrons. The summed E-state index contributed by atoms with van der Waals surface area (Å²) in [5.41, 5.74) is 4.19. The fourth-order valence-electron chi connectivity index (χ4n) is 1.62. The number of hydrogen-bond donors (Lipinski definition) is 0. The number of aromatic nitrogens is 1. The molecule has 0 spiro atoms. The van der Waals surface area contributed by atoms with E-state index in [4.69, 9.17) is 5.26 Å². The maximum atomic E-state index is 8.86. The Morgan fingerprint density at radius 1 is 1.28 bits per heavy atom. The molecule has 0 saturated carbocycles. The summed E-state index contributed by atoms with van der Waals surface area (Å²) in [5, 5.41) is 8.86. The fourth-order valence-corrected chi connectivity index (χ4v) is 1.62. The van der Waals surface area contributed by atoms with Gasteiger partial charge in [-0.25, -0.2) is 0 Å². The lowest BCUT2D eigenvalue weighted by Gasteiger charge is -2.03. The van der Waals surface area contributed by atoms with Crippen molar-refractivity contribution in [2.24, 2.45) is 4.99 Å². The normalized spacial score (nSPS) is 11.1. The van der Waals surface area contributed by atoms with Crippen LogP contribution in [0.5, 0.6) is 0 Å². The van der Waals surface area contributed by atoms with Gasteiger partial charge in [0.15, 0.2) is 0 Å². The Morgan fingerprint density at radius 3 is 2.78 bits per heavy atom. The highest BCUT2D eigenvalue weighted by Crippen LogP contribution is 2.18. The van der Waals surface area contributed by atoms with Crippen molar-refractivity contribution >= 4 is 11.4 Å². The minimum absolute atomic E-state index is 0.597. The average Bonchev–Trinajstić information content (AvgIpc) is 2.41. The Kier molecular flexibility index (Phi) is 3.49.